The lowest BCUT2D eigenvalue weighted by molar-refractivity contribution is 0.0919. The predicted octanol–water partition coefficient (Wildman–Crippen LogP) is 4.67. The van der Waals surface area contributed by atoms with Gasteiger partial charge in [0.05, 0.1) is 0 Å². The van der Waals surface area contributed by atoms with Gasteiger partial charge >= 0.3 is 0 Å². The normalized spacial score (nSPS) is 12.1. The van der Waals surface area contributed by atoms with E-state index in [1.807, 2.05) is 54.6 Å². The number of furan rings is 1. The first-order valence-corrected chi connectivity index (χ1v) is 9.62. The lowest BCUT2D eigenvalue weighted by Gasteiger charge is -2.06. The molecule has 0 fully saturated rings. The van der Waals surface area contributed by atoms with Crippen molar-refractivity contribution in [1.82, 2.24) is 5.32 Å². The highest BCUT2D eigenvalue weighted by Gasteiger charge is 2.15. The van der Waals surface area contributed by atoms with Crippen LogP contribution in [0, 0.1) is 0 Å². The maximum atomic E-state index is 12.4. The minimum absolute atomic E-state index is 0.224. The number of carbonyl (C=O) groups is 1. The van der Waals surface area contributed by atoms with Crippen molar-refractivity contribution in [3.63, 3.8) is 0 Å². The Balaban J connectivity index is 1.17. The second-order valence-corrected chi connectivity index (χ2v) is 6.93. The third-order valence-corrected chi connectivity index (χ3v) is 4.88. The van der Waals surface area contributed by atoms with Crippen LogP contribution >= 0.6 is 0 Å². The summed E-state index contributed by atoms with van der Waals surface area (Å²) in [7, 11) is 0. The first kappa shape index (κ1) is 18.1. The topological polar surface area (TPSA) is 69.9 Å². The van der Waals surface area contributed by atoms with Crippen LogP contribution in [0.2, 0.25) is 0 Å². The second-order valence-electron chi connectivity index (χ2n) is 6.93. The minimum atomic E-state index is -0.287. The Morgan fingerprint density at radius 3 is 2.70 bits per heavy atom. The zero-order valence-electron chi connectivity index (χ0n) is 16.1. The maximum absolute atomic E-state index is 12.4. The third-order valence-electron chi connectivity index (χ3n) is 4.88. The van der Waals surface area contributed by atoms with Crippen LogP contribution in [0.5, 0.6) is 17.2 Å². The third kappa shape index (κ3) is 3.80. The molecule has 3 aromatic carbocycles. The van der Waals surface area contributed by atoms with Crippen molar-refractivity contribution in [2.24, 2.45) is 0 Å². The van der Waals surface area contributed by atoms with Gasteiger partial charge in [0.15, 0.2) is 17.3 Å². The molecule has 6 heteroatoms. The molecule has 1 aliphatic heterocycles. The summed E-state index contributed by atoms with van der Waals surface area (Å²) in [6.45, 7) is 0.828. The van der Waals surface area contributed by atoms with E-state index in [4.69, 9.17) is 18.6 Å². The van der Waals surface area contributed by atoms with E-state index >= 15 is 0 Å². The molecular formula is C24H19NO5. The summed E-state index contributed by atoms with van der Waals surface area (Å²) in [4.78, 5) is 12.4. The molecule has 0 bridgehead atoms. The predicted molar refractivity (Wildman–Crippen MR) is 111 cm³/mol. The number of amides is 1. The van der Waals surface area contributed by atoms with Crippen LogP contribution in [-0.4, -0.2) is 12.7 Å². The van der Waals surface area contributed by atoms with E-state index in [-0.39, 0.29) is 25.1 Å². The molecule has 2 heterocycles. The first-order chi connectivity index (χ1) is 14.7. The SMILES string of the molecule is O=C(NCc1ccc2c(c1)OCO2)c1ccc(COc2ccc3ccccc3c2)o1. The number of hydrogen-bond donors (Lipinski definition) is 1. The van der Waals surface area contributed by atoms with Crippen LogP contribution in [-0.2, 0) is 13.2 Å². The van der Waals surface area contributed by atoms with Crippen molar-refractivity contribution in [3.05, 3.63) is 89.9 Å². The van der Waals surface area contributed by atoms with Crippen LogP contribution in [0.4, 0.5) is 0 Å². The number of fused-ring (bicyclic) bond motifs is 2. The van der Waals surface area contributed by atoms with E-state index in [1.54, 1.807) is 12.1 Å². The number of carbonyl (C=O) groups excluding carboxylic acids is 1. The van der Waals surface area contributed by atoms with Crippen molar-refractivity contribution in [3.8, 4) is 17.2 Å². The monoisotopic (exact) mass is 401 g/mol. The van der Waals surface area contributed by atoms with Crippen LogP contribution in [0.1, 0.15) is 21.9 Å². The second kappa shape index (κ2) is 7.83. The number of rotatable bonds is 6. The van der Waals surface area contributed by atoms with Crippen molar-refractivity contribution in [1.29, 1.82) is 0 Å². The lowest BCUT2D eigenvalue weighted by atomic mass is 10.1. The Morgan fingerprint density at radius 1 is 0.900 bits per heavy atom. The molecule has 6 nitrogen and oxygen atoms in total. The van der Waals surface area contributed by atoms with Gasteiger partial charge in [-0.05, 0) is 52.7 Å². The van der Waals surface area contributed by atoms with Gasteiger partial charge in [0, 0.05) is 6.54 Å². The smallest absolute Gasteiger partial charge is 0.287 e. The Morgan fingerprint density at radius 2 is 1.77 bits per heavy atom. The van der Waals surface area contributed by atoms with Crippen LogP contribution < -0.4 is 19.5 Å². The number of ether oxygens (including phenoxy) is 3. The quantitative estimate of drug-likeness (QED) is 0.508. The number of hydrogen-bond acceptors (Lipinski definition) is 5. The number of benzene rings is 3. The van der Waals surface area contributed by atoms with E-state index in [0.717, 1.165) is 22.1 Å². The van der Waals surface area contributed by atoms with Crippen molar-refractivity contribution in [2.75, 3.05) is 6.79 Å². The molecule has 1 aromatic heterocycles. The largest absolute Gasteiger partial charge is 0.486 e. The zero-order chi connectivity index (χ0) is 20.3. The molecule has 0 aliphatic carbocycles. The van der Waals surface area contributed by atoms with Crippen LogP contribution in [0.15, 0.2) is 77.2 Å². The molecule has 0 radical (unpaired) electrons. The summed E-state index contributed by atoms with van der Waals surface area (Å²) >= 11 is 0. The summed E-state index contributed by atoms with van der Waals surface area (Å²) in [5.74, 6) is 2.69. The van der Waals surface area contributed by atoms with E-state index < -0.39 is 0 Å². The van der Waals surface area contributed by atoms with Crippen LogP contribution in [0.3, 0.4) is 0 Å². The molecule has 0 saturated carbocycles. The summed E-state index contributed by atoms with van der Waals surface area (Å²) in [5, 5.41) is 5.11. The molecule has 150 valence electrons. The summed E-state index contributed by atoms with van der Waals surface area (Å²) < 4.78 is 22.1. The molecule has 0 saturated heterocycles. The molecule has 1 aliphatic rings. The standard InChI is InChI=1S/C24H19NO5/c26-24(25-13-16-5-9-21-23(11-16)29-15-28-21)22-10-8-20(30-22)14-27-19-7-6-17-3-1-2-4-18(17)12-19/h1-12H,13-15H2,(H,25,26). The molecule has 0 unspecified atom stereocenters. The van der Waals surface area contributed by atoms with E-state index in [2.05, 4.69) is 11.4 Å². The molecule has 4 aromatic rings. The fraction of sp³-hybridized carbons (Fsp3) is 0.125. The van der Waals surface area contributed by atoms with Gasteiger partial charge in [0.2, 0.25) is 6.79 Å². The molecule has 0 spiro atoms. The van der Waals surface area contributed by atoms with Gasteiger partial charge in [-0.25, -0.2) is 0 Å². The summed E-state index contributed by atoms with van der Waals surface area (Å²) in [5.41, 5.74) is 0.916. The Hall–Kier alpha value is -3.93. The van der Waals surface area contributed by atoms with Crippen molar-refractivity contribution < 1.29 is 23.4 Å². The van der Waals surface area contributed by atoms with Gasteiger partial charge in [0.25, 0.3) is 5.91 Å². The first-order valence-electron chi connectivity index (χ1n) is 9.62. The van der Waals surface area contributed by atoms with Gasteiger partial charge < -0.3 is 23.9 Å². The van der Waals surface area contributed by atoms with Crippen molar-refractivity contribution in [2.45, 2.75) is 13.2 Å². The number of nitrogens with one attached hydrogen (secondary N) is 1. The highest BCUT2D eigenvalue weighted by molar-refractivity contribution is 5.91. The highest BCUT2D eigenvalue weighted by atomic mass is 16.7. The van der Waals surface area contributed by atoms with Gasteiger partial charge in [-0.3, -0.25) is 4.79 Å². The summed E-state index contributed by atoms with van der Waals surface area (Å²) in [6.07, 6.45) is 0. The fourth-order valence-corrected chi connectivity index (χ4v) is 3.31. The summed E-state index contributed by atoms with van der Waals surface area (Å²) in [6, 6.07) is 23.0. The minimum Gasteiger partial charge on any atom is -0.486 e. The lowest BCUT2D eigenvalue weighted by Crippen LogP contribution is -2.22. The Bertz CT molecular complexity index is 1210. The molecule has 1 N–H and O–H groups in total. The van der Waals surface area contributed by atoms with Crippen LogP contribution in [0.25, 0.3) is 10.8 Å². The van der Waals surface area contributed by atoms with Crippen molar-refractivity contribution >= 4 is 16.7 Å². The molecule has 30 heavy (non-hydrogen) atoms. The fourth-order valence-electron chi connectivity index (χ4n) is 3.31. The highest BCUT2D eigenvalue weighted by Crippen LogP contribution is 2.32. The average molecular weight is 401 g/mol. The molecule has 1 amide bonds. The Labute approximate surface area is 173 Å². The Kier molecular flexibility index (Phi) is 4.73. The van der Waals surface area contributed by atoms with E-state index in [9.17, 15) is 4.79 Å². The molecule has 0 atom stereocenters. The average Bonchev–Trinajstić information content (AvgIpc) is 3.45. The van der Waals surface area contributed by atoms with Gasteiger partial charge in [0.1, 0.15) is 18.1 Å². The zero-order valence-corrected chi connectivity index (χ0v) is 16.1. The van der Waals surface area contributed by atoms with Gasteiger partial charge in [-0.15, -0.1) is 0 Å². The maximum Gasteiger partial charge on any atom is 0.287 e. The van der Waals surface area contributed by atoms with E-state index in [0.29, 0.717) is 23.8 Å². The van der Waals surface area contributed by atoms with Gasteiger partial charge in [-0.2, -0.15) is 0 Å². The molecule has 5 rings (SSSR count). The molecular weight excluding hydrogens is 382 g/mol. The van der Waals surface area contributed by atoms with Gasteiger partial charge in [-0.1, -0.05) is 36.4 Å². The van der Waals surface area contributed by atoms with E-state index in [1.165, 1.54) is 0 Å².